The highest BCUT2D eigenvalue weighted by Crippen LogP contribution is 2.40. The first kappa shape index (κ1) is 15.8. The van der Waals surface area contributed by atoms with Crippen LogP contribution in [0.15, 0.2) is 30.3 Å². The summed E-state index contributed by atoms with van der Waals surface area (Å²) in [6.07, 6.45) is 1.77. The van der Waals surface area contributed by atoms with Gasteiger partial charge in [-0.3, -0.25) is 0 Å². The van der Waals surface area contributed by atoms with Gasteiger partial charge in [0.25, 0.3) is 0 Å². The third-order valence-corrected chi connectivity index (χ3v) is 4.76. The smallest absolute Gasteiger partial charge is 0.315 e. The minimum Gasteiger partial charge on any atom is -0.493 e. The molecule has 0 spiro atoms. The molecule has 25 heavy (non-hydrogen) atoms. The Hall–Kier alpha value is -2.69. The number of fused-ring (bicyclic) bond motifs is 2. The topological polar surface area (TPSA) is 59.6 Å². The zero-order valence-electron chi connectivity index (χ0n) is 14.4. The Morgan fingerprint density at radius 1 is 1.04 bits per heavy atom. The van der Waals surface area contributed by atoms with Crippen LogP contribution in [-0.4, -0.2) is 19.2 Å². The van der Waals surface area contributed by atoms with Crippen LogP contribution in [0.1, 0.15) is 27.8 Å². The number of hydrogen-bond donors (Lipinski definition) is 2. The monoisotopic (exact) mass is 338 g/mol. The van der Waals surface area contributed by atoms with E-state index in [2.05, 4.69) is 16.7 Å². The van der Waals surface area contributed by atoms with E-state index in [1.165, 1.54) is 16.7 Å². The molecule has 0 saturated carbocycles. The molecule has 0 bridgehead atoms. The van der Waals surface area contributed by atoms with Crippen LogP contribution >= 0.6 is 0 Å². The maximum Gasteiger partial charge on any atom is 0.315 e. The fraction of sp³-hybridized carbons (Fsp3) is 0.350. The molecule has 0 fully saturated rings. The van der Waals surface area contributed by atoms with Crippen LogP contribution in [0.25, 0.3) is 0 Å². The molecule has 4 rings (SSSR count). The molecule has 5 nitrogen and oxygen atoms in total. The maximum atomic E-state index is 12.2. The molecule has 0 aliphatic carbocycles. The molecule has 2 aromatic carbocycles. The van der Waals surface area contributed by atoms with E-state index in [0.29, 0.717) is 26.3 Å². The number of hydrogen-bond acceptors (Lipinski definition) is 3. The summed E-state index contributed by atoms with van der Waals surface area (Å²) in [6.45, 7) is 4.41. The van der Waals surface area contributed by atoms with Crippen LogP contribution in [0.5, 0.6) is 11.5 Å². The minimum absolute atomic E-state index is 0.177. The van der Waals surface area contributed by atoms with Gasteiger partial charge < -0.3 is 20.1 Å². The summed E-state index contributed by atoms with van der Waals surface area (Å²) in [6, 6.07) is 10.1. The van der Waals surface area contributed by atoms with Crippen molar-refractivity contribution in [3.8, 4) is 11.5 Å². The second kappa shape index (κ2) is 6.67. The average molecular weight is 338 g/mol. The number of urea groups is 1. The third-order valence-electron chi connectivity index (χ3n) is 4.76. The highest BCUT2D eigenvalue weighted by molar-refractivity contribution is 5.74. The molecule has 130 valence electrons. The highest BCUT2D eigenvalue weighted by Gasteiger charge is 2.26. The van der Waals surface area contributed by atoms with Gasteiger partial charge in [-0.25, -0.2) is 4.79 Å². The summed E-state index contributed by atoms with van der Waals surface area (Å²) in [5, 5.41) is 5.86. The van der Waals surface area contributed by atoms with Crippen molar-refractivity contribution in [2.24, 2.45) is 0 Å². The molecule has 0 unspecified atom stereocenters. The molecule has 2 aromatic rings. The number of benzene rings is 2. The number of carbonyl (C=O) groups is 1. The van der Waals surface area contributed by atoms with Crippen LogP contribution in [0, 0.1) is 6.92 Å². The van der Waals surface area contributed by atoms with Crippen LogP contribution in [0.4, 0.5) is 4.79 Å². The van der Waals surface area contributed by atoms with E-state index in [1.54, 1.807) is 0 Å². The number of rotatable bonds is 4. The number of nitrogens with one attached hydrogen (secondary N) is 2. The minimum atomic E-state index is -0.177. The van der Waals surface area contributed by atoms with E-state index in [9.17, 15) is 4.79 Å². The summed E-state index contributed by atoms with van der Waals surface area (Å²) < 4.78 is 11.5. The molecule has 2 aliphatic rings. The fourth-order valence-corrected chi connectivity index (χ4v) is 3.39. The van der Waals surface area contributed by atoms with Crippen LogP contribution in [0.2, 0.25) is 0 Å². The average Bonchev–Trinajstić information content (AvgIpc) is 3.27. The molecule has 0 aromatic heterocycles. The Bertz CT molecular complexity index is 767. The van der Waals surface area contributed by atoms with E-state index in [4.69, 9.17) is 9.47 Å². The van der Waals surface area contributed by atoms with E-state index >= 15 is 0 Å². The zero-order valence-corrected chi connectivity index (χ0v) is 14.4. The lowest BCUT2D eigenvalue weighted by molar-refractivity contribution is 0.240. The summed E-state index contributed by atoms with van der Waals surface area (Å²) in [7, 11) is 0. The molecule has 2 heterocycles. The van der Waals surface area contributed by atoms with Gasteiger partial charge in [-0.2, -0.15) is 0 Å². The first-order valence-corrected chi connectivity index (χ1v) is 8.71. The SMILES string of the molecule is Cc1ccc(CNC(=O)NCc2c3c(cc4c2OCC4)OCC3)cc1. The number of ether oxygens (including phenoxy) is 2. The summed E-state index contributed by atoms with van der Waals surface area (Å²) >= 11 is 0. The van der Waals surface area contributed by atoms with Crippen LogP contribution < -0.4 is 20.1 Å². The molecule has 2 amide bonds. The van der Waals surface area contributed by atoms with Crippen molar-refractivity contribution in [1.82, 2.24) is 10.6 Å². The highest BCUT2D eigenvalue weighted by atomic mass is 16.5. The first-order chi connectivity index (χ1) is 12.2. The second-order valence-electron chi connectivity index (χ2n) is 6.54. The largest absolute Gasteiger partial charge is 0.493 e. The summed E-state index contributed by atoms with van der Waals surface area (Å²) in [5.74, 6) is 1.88. The molecule has 2 aliphatic heterocycles. The van der Waals surface area contributed by atoms with Gasteiger partial charge in [0.1, 0.15) is 11.5 Å². The standard InChI is InChI=1S/C20H22N2O3/c1-13-2-4-14(5-3-13)11-21-20(23)22-12-17-16-7-9-24-18(16)10-15-6-8-25-19(15)17/h2-5,10H,6-9,11-12H2,1H3,(H2,21,22,23). The third kappa shape index (κ3) is 3.27. The molecular formula is C20H22N2O3. The van der Waals surface area contributed by atoms with Crippen molar-refractivity contribution < 1.29 is 14.3 Å². The molecular weight excluding hydrogens is 316 g/mol. The molecule has 0 saturated heterocycles. The zero-order chi connectivity index (χ0) is 17.2. The normalized spacial score (nSPS) is 14.3. The lowest BCUT2D eigenvalue weighted by Crippen LogP contribution is -2.34. The van der Waals surface area contributed by atoms with Crippen molar-refractivity contribution >= 4 is 6.03 Å². The number of amides is 2. The van der Waals surface area contributed by atoms with Gasteiger partial charge >= 0.3 is 6.03 Å². The van der Waals surface area contributed by atoms with Gasteiger partial charge in [0.15, 0.2) is 0 Å². The van der Waals surface area contributed by atoms with Gasteiger partial charge in [-0.05, 0) is 18.6 Å². The first-order valence-electron chi connectivity index (χ1n) is 8.71. The molecule has 5 heteroatoms. The van der Waals surface area contributed by atoms with Gasteiger partial charge in [0.05, 0.1) is 13.2 Å². The van der Waals surface area contributed by atoms with E-state index in [1.807, 2.05) is 31.2 Å². The number of carbonyl (C=O) groups excluding carboxylic acids is 1. The fourth-order valence-electron chi connectivity index (χ4n) is 3.39. The summed E-state index contributed by atoms with van der Waals surface area (Å²) in [4.78, 5) is 12.2. The second-order valence-corrected chi connectivity index (χ2v) is 6.54. The Balaban J connectivity index is 1.40. The maximum absolute atomic E-state index is 12.2. The lowest BCUT2D eigenvalue weighted by atomic mass is 9.99. The lowest BCUT2D eigenvalue weighted by Gasteiger charge is -2.14. The Labute approximate surface area is 147 Å². The Morgan fingerprint density at radius 2 is 1.80 bits per heavy atom. The molecule has 2 N–H and O–H groups in total. The van der Waals surface area contributed by atoms with Gasteiger partial charge in [-0.1, -0.05) is 29.8 Å². The van der Waals surface area contributed by atoms with Gasteiger partial charge in [0, 0.05) is 42.6 Å². The van der Waals surface area contributed by atoms with E-state index in [-0.39, 0.29) is 6.03 Å². The van der Waals surface area contributed by atoms with Crippen molar-refractivity contribution in [1.29, 1.82) is 0 Å². The summed E-state index contributed by atoms with van der Waals surface area (Å²) in [5.41, 5.74) is 5.70. The molecule has 0 radical (unpaired) electrons. The van der Waals surface area contributed by atoms with Crippen molar-refractivity contribution in [2.45, 2.75) is 32.9 Å². The predicted molar refractivity (Wildman–Crippen MR) is 95.1 cm³/mol. The predicted octanol–water partition coefficient (Wildman–Crippen LogP) is 2.86. The van der Waals surface area contributed by atoms with Crippen molar-refractivity contribution in [3.63, 3.8) is 0 Å². The van der Waals surface area contributed by atoms with Gasteiger partial charge in [-0.15, -0.1) is 0 Å². The van der Waals surface area contributed by atoms with Crippen molar-refractivity contribution in [2.75, 3.05) is 13.2 Å². The van der Waals surface area contributed by atoms with Gasteiger partial charge in [0.2, 0.25) is 0 Å². The Kier molecular flexibility index (Phi) is 4.22. The van der Waals surface area contributed by atoms with E-state index < -0.39 is 0 Å². The Morgan fingerprint density at radius 3 is 2.64 bits per heavy atom. The van der Waals surface area contributed by atoms with E-state index in [0.717, 1.165) is 35.5 Å². The van der Waals surface area contributed by atoms with Crippen molar-refractivity contribution in [3.05, 3.63) is 58.1 Å². The number of aryl methyl sites for hydroxylation is 1. The van der Waals surface area contributed by atoms with Crippen LogP contribution in [-0.2, 0) is 25.9 Å². The molecule has 0 atom stereocenters. The quantitative estimate of drug-likeness (QED) is 0.901. The van der Waals surface area contributed by atoms with Crippen LogP contribution in [0.3, 0.4) is 0 Å².